The summed E-state index contributed by atoms with van der Waals surface area (Å²) in [6.07, 6.45) is 3.20. The molecular weight excluding hydrogens is 202 g/mol. The van der Waals surface area contributed by atoms with Gasteiger partial charge in [0.25, 0.3) is 0 Å². The Balaban J connectivity index is 2.31. The zero-order valence-electron chi connectivity index (χ0n) is 8.69. The van der Waals surface area contributed by atoms with E-state index in [2.05, 4.69) is 0 Å². The predicted octanol–water partition coefficient (Wildman–Crippen LogP) is 0.555. The molecule has 1 saturated heterocycles. The Kier molecular flexibility index (Phi) is 4.71. The van der Waals surface area contributed by atoms with Gasteiger partial charge < -0.3 is 9.29 Å². The van der Waals surface area contributed by atoms with Crippen LogP contribution in [-0.2, 0) is 20.9 Å². The van der Waals surface area contributed by atoms with Gasteiger partial charge in [0, 0.05) is 24.5 Å². The fourth-order valence-electron chi connectivity index (χ4n) is 1.61. The van der Waals surface area contributed by atoms with Crippen LogP contribution in [-0.4, -0.2) is 40.8 Å². The highest BCUT2D eigenvalue weighted by Gasteiger charge is 2.29. The average molecular weight is 219 g/mol. The molecule has 0 aliphatic carbocycles. The fraction of sp³-hybridized carbons (Fsp3) is 0.889. The SMILES string of the molecule is CCOC(=O)C1CCN([S+](C)[O-])CC1. The summed E-state index contributed by atoms with van der Waals surface area (Å²) in [5.74, 6) is -0.0937. The van der Waals surface area contributed by atoms with Crippen molar-refractivity contribution in [3.8, 4) is 0 Å². The predicted molar refractivity (Wildman–Crippen MR) is 55.0 cm³/mol. The number of carbonyl (C=O) groups excluding carboxylic acids is 1. The highest BCUT2D eigenvalue weighted by Crippen LogP contribution is 2.20. The number of nitrogens with zero attached hydrogens (tertiary/aromatic N) is 1. The van der Waals surface area contributed by atoms with Crippen LogP contribution in [0.4, 0.5) is 0 Å². The van der Waals surface area contributed by atoms with Gasteiger partial charge in [-0.25, -0.2) is 0 Å². The first-order valence-electron chi connectivity index (χ1n) is 4.90. The monoisotopic (exact) mass is 219 g/mol. The molecule has 0 spiro atoms. The molecule has 4 nitrogen and oxygen atoms in total. The highest BCUT2D eigenvalue weighted by molar-refractivity contribution is 7.88. The Morgan fingerprint density at radius 1 is 1.57 bits per heavy atom. The third-order valence-corrected chi connectivity index (χ3v) is 3.53. The minimum Gasteiger partial charge on any atom is -0.598 e. The van der Waals surface area contributed by atoms with Gasteiger partial charge in [0.2, 0.25) is 0 Å². The summed E-state index contributed by atoms with van der Waals surface area (Å²) >= 11 is -0.903. The van der Waals surface area contributed by atoms with E-state index in [9.17, 15) is 9.35 Å². The van der Waals surface area contributed by atoms with Gasteiger partial charge in [-0.15, -0.1) is 4.31 Å². The molecule has 1 aliphatic heterocycles. The van der Waals surface area contributed by atoms with E-state index >= 15 is 0 Å². The maximum atomic E-state index is 11.4. The maximum absolute atomic E-state index is 11.4. The van der Waals surface area contributed by atoms with Crippen molar-refractivity contribution in [2.24, 2.45) is 5.92 Å². The van der Waals surface area contributed by atoms with Crippen LogP contribution >= 0.6 is 0 Å². The second kappa shape index (κ2) is 5.58. The summed E-state index contributed by atoms with van der Waals surface area (Å²) < 4.78 is 18.0. The van der Waals surface area contributed by atoms with Crippen molar-refractivity contribution in [1.82, 2.24) is 4.31 Å². The summed E-state index contributed by atoms with van der Waals surface area (Å²) in [6, 6.07) is 0. The first-order chi connectivity index (χ1) is 6.65. The molecule has 82 valence electrons. The van der Waals surface area contributed by atoms with Gasteiger partial charge in [0.1, 0.15) is 6.26 Å². The Morgan fingerprint density at radius 2 is 2.14 bits per heavy atom. The zero-order valence-corrected chi connectivity index (χ0v) is 9.51. The van der Waals surface area contributed by atoms with Crippen LogP contribution in [0.5, 0.6) is 0 Å². The molecule has 1 unspecified atom stereocenters. The van der Waals surface area contributed by atoms with Crippen molar-refractivity contribution >= 4 is 17.3 Å². The van der Waals surface area contributed by atoms with Gasteiger partial charge in [0.05, 0.1) is 12.5 Å². The molecule has 1 heterocycles. The number of ether oxygens (including phenoxy) is 1. The third-order valence-electron chi connectivity index (χ3n) is 2.44. The lowest BCUT2D eigenvalue weighted by atomic mass is 9.98. The maximum Gasteiger partial charge on any atom is 0.309 e. The van der Waals surface area contributed by atoms with Gasteiger partial charge in [-0.05, 0) is 19.8 Å². The van der Waals surface area contributed by atoms with Gasteiger partial charge in [-0.2, -0.15) is 0 Å². The summed E-state index contributed by atoms with van der Waals surface area (Å²) in [5, 5.41) is 0. The second-order valence-corrected chi connectivity index (χ2v) is 4.74. The smallest absolute Gasteiger partial charge is 0.309 e. The largest absolute Gasteiger partial charge is 0.598 e. The van der Waals surface area contributed by atoms with E-state index in [1.54, 1.807) is 6.26 Å². The topological polar surface area (TPSA) is 52.6 Å². The normalized spacial score (nSPS) is 21.9. The first-order valence-corrected chi connectivity index (χ1v) is 6.41. The van der Waals surface area contributed by atoms with Gasteiger partial charge in [0.15, 0.2) is 0 Å². The van der Waals surface area contributed by atoms with E-state index in [0.717, 1.165) is 25.9 Å². The fourth-order valence-corrected chi connectivity index (χ4v) is 2.33. The molecule has 0 aromatic heterocycles. The van der Waals surface area contributed by atoms with Crippen molar-refractivity contribution in [2.75, 3.05) is 26.0 Å². The van der Waals surface area contributed by atoms with Crippen LogP contribution in [0.25, 0.3) is 0 Å². The first kappa shape index (κ1) is 11.8. The Morgan fingerprint density at radius 3 is 2.57 bits per heavy atom. The zero-order chi connectivity index (χ0) is 10.6. The minimum atomic E-state index is -0.903. The molecule has 1 fully saturated rings. The van der Waals surface area contributed by atoms with E-state index in [0.29, 0.717) is 6.61 Å². The molecule has 0 bridgehead atoms. The Bertz CT molecular complexity index is 190. The Hall–Kier alpha value is -0.260. The van der Waals surface area contributed by atoms with E-state index in [-0.39, 0.29) is 11.9 Å². The van der Waals surface area contributed by atoms with Crippen LogP contribution in [0.3, 0.4) is 0 Å². The molecule has 0 aromatic rings. The van der Waals surface area contributed by atoms with Crippen molar-refractivity contribution in [3.05, 3.63) is 0 Å². The van der Waals surface area contributed by atoms with E-state index in [1.807, 2.05) is 11.2 Å². The van der Waals surface area contributed by atoms with E-state index in [4.69, 9.17) is 4.74 Å². The molecule has 1 aliphatic rings. The van der Waals surface area contributed by atoms with Crippen LogP contribution in [0, 0.1) is 5.92 Å². The van der Waals surface area contributed by atoms with Crippen LogP contribution in [0.1, 0.15) is 19.8 Å². The summed E-state index contributed by atoms with van der Waals surface area (Å²) in [6.45, 7) is 3.71. The summed E-state index contributed by atoms with van der Waals surface area (Å²) in [7, 11) is 0. The highest BCUT2D eigenvalue weighted by atomic mass is 32.2. The molecule has 14 heavy (non-hydrogen) atoms. The molecule has 0 saturated carbocycles. The molecule has 1 atom stereocenters. The molecule has 0 N–H and O–H groups in total. The third kappa shape index (κ3) is 3.15. The van der Waals surface area contributed by atoms with E-state index in [1.165, 1.54) is 0 Å². The molecule has 5 heteroatoms. The number of hydrogen-bond donors (Lipinski definition) is 0. The number of piperidine rings is 1. The molecular formula is C9H17NO3S. The van der Waals surface area contributed by atoms with Gasteiger partial charge >= 0.3 is 5.97 Å². The Labute approximate surface area is 87.9 Å². The van der Waals surface area contributed by atoms with Crippen molar-refractivity contribution in [3.63, 3.8) is 0 Å². The van der Waals surface area contributed by atoms with Gasteiger partial charge in [-0.1, -0.05) is 0 Å². The molecule has 0 radical (unpaired) electrons. The molecule has 0 amide bonds. The second-order valence-electron chi connectivity index (χ2n) is 3.38. The van der Waals surface area contributed by atoms with Crippen LogP contribution < -0.4 is 0 Å². The van der Waals surface area contributed by atoms with Crippen molar-refractivity contribution in [1.29, 1.82) is 0 Å². The van der Waals surface area contributed by atoms with Crippen molar-refractivity contribution < 1.29 is 14.1 Å². The van der Waals surface area contributed by atoms with Gasteiger partial charge in [-0.3, -0.25) is 4.79 Å². The standard InChI is InChI=1S/C9H17NO3S/c1-3-13-9(11)8-4-6-10(7-5-8)14(2)12/h8H,3-7H2,1-2H3. The number of esters is 1. The van der Waals surface area contributed by atoms with Crippen LogP contribution in [0.15, 0.2) is 0 Å². The lowest BCUT2D eigenvalue weighted by Gasteiger charge is -2.29. The number of carbonyl (C=O) groups is 1. The summed E-state index contributed by atoms with van der Waals surface area (Å²) in [5.41, 5.74) is 0. The van der Waals surface area contributed by atoms with E-state index < -0.39 is 11.4 Å². The van der Waals surface area contributed by atoms with Crippen molar-refractivity contribution in [2.45, 2.75) is 19.8 Å². The summed E-state index contributed by atoms with van der Waals surface area (Å²) in [4.78, 5) is 11.4. The lowest BCUT2D eigenvalue weighted by molar-refractivity contribution is -0.149. The molecule has 1 rings (SSSR count). The minimum absolute atomic E-state index is 0.00903. The lowest BCUT2D eigenvalue weighted by Crippen LogP contribution is -2.40. The number of hydrogen-bond acceptors (Lipinski definition) is 4. The number of rotatable bonds is 3. The average Bonchev–Trinajstić information content (AvgIpc) is 2.18. The quantitative estimate of drug-likeness (QED) is 0.514. The molecule has 0 aromatic carbocycles. The van der Waals surface area contributed by atoms with Crippen LogP contribution in [0.2, 0.25) is 0 Å².